The Kier molecular flexibility index (Phi) is 4.20. The number of benzene rings is 1. The lowest BCUT2D eigenvalue weighted by Gasteiger charge is -2.32. The minimum Gasteiger partial charge on any atom is -0.389 e. The van der Waals surface area contributed by atoms with Gasteiger partial charge in [-0.3, -0.25) is 4.72 Å². The number of nitrogens with one attached hydrogen (secondary N) is 1. The second kappa shape index (κ2) is 5.58. The van der Waals surface area contributed by atoms with E-state index in [2.05, 4.69) is 4.72 Å². The lowest BCUT2D eigenvalue weighted by molar-refractivity contribution is 0.137. The van der Waals surface area contributed by atoms with Crippen LogP contribution in [0.1, 0.15) is 32.3 Å². The normalized spacial score (nSPS) is 22.1. The molecule has 0 aromatic heterocycles. The Morgan fingerprint density at radius 3 is 2.55 bits per heavy atom. The van der Waals surface area contributed by atoms with Crippen LogP contribution < -0.4 is 4.72 Å². The average Bonchev–Trinajstić information content (AvgIpc) is 2.25. The molecule has 0 radical (unpaired) electrons. The first-order chi connectivity index (χ1) is 9.26. The van der Waals surface area contributed by atoms with E-state index in [4.69, 9.17) is 0 Å². The molecule has 0 fully saturated rings. The van der Waals surface area contributed by atoms with Gasteiger partial charge in [0, 0.05) is 5.70 Å². The lowest BCUT2D eigenvalue weighted by Crippen LogP contribution is -2.33. The van der Waals surface area contributed by atoms with Crippen molar-refractivity contribution in [2.45, 2.75) is 38.5 Å². The number of rotatable bonds is 4. The van der Waals surface area contributed by atoms with Crippen molar-refractivity contribution < 1.29 is 13.5 Å². The molecule has 1 aliphatic carbocycles. The first-order valence-electron chi connectivity index (χ1n) is 6.69. The predicted molar refractivity (Wildman–Crippen MR) is 79.3 cm³/mol. The highest BCUT2D eigenvalue weighted by Crippen LogP contribution is 2.34. The first-order valence-corrected chi connectivity index (χ1v) is 8.34. The summed E-state index contributed by atoms with van der Waals surface area (Å²) in [5, 5.41) is 9.79. The maximum Gasteiger partial charge on any atom is 0.236 e. The minimum absolute atomic E-state index is 0.0539. The molecule has 1 aromatic carbocycles. The van der Waals surface area contributed by atoms with Crippen molar-refractivity contribution >= 4 is 10.0 Å². The maximum atomic E-state index is 12.2. The summed E-state index contributed by atoms with van der Waals surface area (Å²) >= 11 is 0. The number of sulfonamides is 1. The lowest BCUT2D eigenvalue weighted by atomic mass is 9.78. The summed E-state index contributed by atoms with van der Waals surface area (Å²) in [6.07, 6.45) is 2.29. The van der Waals surface area contributed by atoms with Crippen molar-refractivity contribution in [1.82, 2.24) is 4.72 Å². The molecule has 0 saturated heterocycles. The molecule has 0 aliphatic heterocycles. The van der Waals surface area contributed by atoms with Gasteiger partial charge in [0.15, 0.2) is 0 Å². The topological polar surface area (TPSA) is 66.4 Å². The van der Waals surface area contributed by atoms with E-state index in [9.17, 15) is 13.5 Å². The third-order valence-corrected chi connectivity index (χ3v) is 4.60. The summed E-state index contributed by atoms with van der Waals surface area (Å²) in [5.41, 5.74) is 1.24. The predicted octanol–water partition coefficient (Wildman–Crippen LogP) is 2.17. The smallest absolute Gasteiger partial charge is 0.236 e. The monoisotopic (exact) mass is 295 g/mol. The van der Waals surface area contributed by atoms with E-state index in [0.717, 1.165) is 5.56 Å². The maximum absolute atomic E-state index is 12.2. The van der Waals surface area contributed by atoms with Gasteiger partial charge in [-0.2, -0.15) is 0 Å². The van der Waals surface area contributed by atoms with E-state index in [0.29, 0.717) is 18.5 Å². The van der Waals surface area contributed by atoms with Crippen LogP contribution in [0.25, 0.3) is 0 Å². The van der Waals surface area contributed by atoms with Crippen LogP contribution >= 0.6 is 0 Å². The second-order valence-corrected chi connectivity index (χ2v) is 7.87. The average molecular weight is 295 g/mol. The van der Waals surface area contributed by atoms with Crippen LogP contribution in [0.4, 0.5) is 0 Å². The van der Waals surface area contributed by atoms with Gasteiger partial charge in [0.1, 0.15) is 0 Å². The van der Waals surface area contributed by atoms with Crippen molar-refractivity contribution in [2.75, 3.05) is 0 Å². The Labute approximate surface area is 120 Å². The number of allylic oxidation sites excluding steroid dienone is 1. The van der Waals surface area contributed by atoms with E-state index in [1.807, 2.05) is 32.0 Å². The fourth-order valence-electron chi connectivity index (χ4n) is 2.60. The summed E-state index contributed by atoms with van der Waals surface area (Å²) in [6.45, 7) is 4.05. The van der Waals surface area contributed by atoms with Crippen LogP contribution in [0.15, 0.2) is 42.1 Å². The SMILES string of the molecule is CC1(C)CC(NS(=O)(=O)Cc2ccccc2)=CC(O)C1. The molecule has 0 saturated carbocycles. The Balaban J connectivity index is 2.09. The van der Waals surface area contributed by atoms with Crippen LogP contribution in [-0.4, -0.2) is 19.6 Å². The fourth-order valence-corrected chi connectivity index (χ4v) is 3.85. The number of hydrogen-bond donors (Lipinski definition) is 2. The third-order valence-electron chi connectivity index (χ3n) is 3.31. The molecule has 1 aliphatic rings. The molecule has 1 atom stereocenters. The van der Waals surface area contributed by atoms with Crippen LogP contribution in [0.2, 0.25) is 0 Å². The van der Waals surface area contributed by atoms with E-state index in [1.54, 1.807) is 18.2 Å². The van der Waals surface area contributed by atoms with Gasteiger partial charge >= 0.3 is 0 Å². The molecule has 0 amide bonds. The molecule has 2 rings (SSSR count). The molecule has 1 aromatic rings. The number of aliphatic hydroxyl groups is 1. The van der Waals surface area contributed by atoms with Crippen LogP contribution in [0.3, 0.4) is 0 Å². The molecule has 0 bridgehead atoms. The highest BCUT2D eigenvalue weighted by molar-refractivity contribution is 7.88. The van der Waals surface area contributed by atoms with Crippen molar-refractivity contribution in [3.05, 3.63) is 47.7 Å². The van der Waals surface area contributed by atoms with E-state index in [-0.39, 0.29) is 11.2 Å². The van der Waals surface area contributed by atoms with E-state index < -0.39 is 16.1 Å². The zero-order valence-electron chi connectivity index (χ0n) is 11.8. The van der Waals surface area contributed by atoms with Crippen molar-refractivity contribution in [3.8, 4) is 0 Å². The van der Waals surface area contributed by atoms with Gasteiger partial charge in [0.05, 0.1) is 11.9 Å². The van der Waals surface area contributed by atoms with Crippen LogP contribution in [-0.2, 0) is 15.8 Å². The molecular formula is C15H21NO3S. The van der Waals surface area contributed by atoms with Crippen LogP contribution in [0.5, 0.6) is 0 Å². The molecule has 0 heterocycles. The van der Waals surface area contributed by atoms with Crippen molar-refractivity contribution in [3.63, 3.8) is 0 Å². The molecule has 20 heavy (non-hydrogen) atoms. The molecule has 4 nitrogen and oxygen atoms in total. The second-order valence-electron chi connectivity index (χ2n) is 6.15. The Morgan fingerprint density at radius 2 is 1.95 bits per heavy atom. The highest BCUT2D eigenvalue weighted by atomic mass is 32.2. The van der Waals surface area contributed by atoms with Crippen molar-refractivity contribution in [1.29, 1.82) is 0 Å². The minimum atomic E-state index is -3.44. The zero-order chi connectivity index (χ0) is 14.8. The quantitative estimate of drug-likeness (QED) is 0.894. The number of hydrogen-bond acceptors (Lipinski definition) is 3. The highest BCUT2D eigenvalue weighted by Gasteiger charge is 2.29. The van der Waals surface area contributed by atoms with Crippen LogP contribution in [0, 0.1) is 5.41 Å². The molecular weight excluding hydrogens is 274 g/mol. The molecule has 0 spiro atoms. The summed E-state index contributed by atoms with van der Waals surface area (Å²) in [6, 6.07) is 9.06. The fraction of sp³-hybridized carbons (Fsp3) is 0.467. The van der Waals surface area contributed by atoms with Gasteiger partial charge in [-0.15, -0.1) is 0 Å². The van der Waals surface area contributed by atoms with Gasteiger partial charge in [-0.05, 0) is 29.9 Å². The van der Waals surface area contributed by atoms with Gasteiger partial charge in [-0.25, -0.2) is 8.42 Å². The van der Waals surface area contributed by atoms with Gasteiger partial charge in [0.2, 0.25) is 10.0 Å². The first kappa shape index (κ1) is 15.1. The number of aliphatic hydroxyl groups excluding tert-OH is 1. The molecule has 1 unspecified atom stereocenters. The molecule has 2 N–H and O–H groups in total. The summed E-state index contributed by atoms with van der Waals surface area (Å²) in [5.74, 6) is -0.0539. The summed E-state index contributed by atoms with van der Waals surface area (Å²) in [7, 11) is -3.44. The molecule has 5 heteroatoms. The molecule has 110 valence electrons. The van der Waals surface area contributed by atoms with E-state index in [1.165, 1.54) is 0 Å². The Morgan fingerprint density at radius 1 is 1.30 bits per heavy atom. The van der Waals surface area contributed by atoms with Gasteiger partial charge in [0.25, 0.3) is 0 Å². The third kappa shape index (κ3) is 4.35. The van der Waals surface area contributed by atoms with Gasteiger partial charge in [-0.1, -0.05) is 44.2 Å². The Hall–Kier alpha value is -1.33. The summed E-state index contributed by atoms with van der Waals surface area (Å²) in [4.78, 5) is 0. The summed E-state index contributed by atoms with van der Waals surface area (Å²) < 4.78 is 26.9. The largest absolute Gasteiger partial charge is 0.389 e. The Bertz CT molecular complexity index is 591. The standard InChI is InChI=1S/C15H21NO3S/c1-15(2)9-13(8-14(17)10-15)16-20(18,19)11-12-6-4-3-5-7-12/h3-8,14,16-17H,9-11H2,1-2H3. The van der Waals surface area contributed by atoms with E-state index >= 15 is 0 Å². The van der Waals surface area contributed by atoms with Crippen molar-refractivity contribution in [2.24, 2.45) is 5.41 Å². The zero-order valence-corrected chi connectivity index (χ0v) is 12.7. The van der Waals surface area contributed by atoms with Gasteiger partial charge < -0.3 is 5.11 Å².